The van der Waals surface area contributed by atoms with Crippen LogP contribution in [0.4, 0.5) is 0 Å². The van der Waals surface area contributed by atoms with Crippen LogP contribution in [0.3, 0.4) is 0 Å². The SMILES string of the molecule is C=C(CNCCC(c1ncn[nH]1)c1ccc(C(=O)N(C)C)cc1CCC1=C(C)C=C=CC=C1)N(C(C)C#N)C1C(C)C1C.CCC.CCC(=O)N(C)C. The molecule has 0 bridgehead atoms. The van der Waals surface area contributed by atoms with E-state index in [1.807, 2.05) is 44.2 Å². The van der Waals surface area contributed by atoms with Gasteiger partial charge in [0, 0.05) is 64.4 Å². The minimum absolute atomic E-state index is 0.0171. The lowest BCUT2D eigenvalue weighted by Gasteiger charge is -2.30. The second-order valence-electron chi connectivity index (χ2n) is 14.4. The Morgan fingerprint density at radius 2 is 1.77 bits per heavy atom. The molecule has 10 heteroatoms. The van der Waals surface area contributed by atoms with Crippen molar-refractivity contribution in [3.8, 4) is 6.07 Å². The van der Waals surface area contributed by atoms with Gasteiger partial charge in [-0.1, -0.05) is 65.8 Å². The van der Waals surface area contributed by atoms with Crippen LogP contribution in [0.5, 0.6) is 0 Å². The molecule has 4 rings (SSSR count). The molecule has 4 unspecified atom stereocenters. The van der Waals surface area contributed by atoms with Crippen molar-refractivity contribution in [2.75, 3.05) is 41.3 Å². The molecule has 1 aromatic carbocycles. The highest BCUT2D eigenvalue weighted by atomic mass is 16.2. The Kier molecular flexibility index (Phi) is 18.8. The van der Waals surface area contributed by atoms with Gasteiger partial charge >= 0.3 is 0 Å². The first kappa shape index (κ1) is 44.5. The van der Waals surface area contributed by atoms with Gasteiger partial charge in [0.2, 0.25) is 5.91 Å². The number of H-pyrrole nitrogens is 1. The van der Waals surface area contributed by atoms with Crippen LogP contribution in [0.1, 0.15) is 107 Å². The second kappa shape index (κ2) is 22.4. The summed E-state index contributed by atoms with van der Waals surface area (Å²) < 4.78 is 0. The highest BCUT2D eigenvalue weighted by Gasteiger charge is 2.48. The van der Waals surface area contributed by atoms with Gasteiger partial charge in [0.25, 0.3) is 5.91 Å². The van der Waals surface area contributed by atoms with E-state index in [1.54, 1.807) is 44.3 Å². The molecule has 0 spiro atoms. The summed E-state index contributed by atoms with van der Waals surface area (Å²) >= 11 is 0. The summed E-state index contributed by atoms with van der Waals surface area (Å²) in [4.78, 5) is 33.3. The van der Waals surface area contributed by atoms with E-state index in [0.717, 1.165) is 48.5 Å². The van der Waals surface area contributed by atoms with Crippen LogP contribution in [0, 0.1) is 23.2 Å². The van der Waals surface area contributed by atoms with Crippen molar-refractivity contribution in [3.63, 3.8) is 0 Å². The zero-order chi connectivity index (χ0) is 39.7. The molecule has 0 radical (unpaired) electrons. The number of amides is 2. The summed E-state index contributed by atoms with van der Waals surface area (Å²) in [6.07, 6.45) is 13.9. The first-order chi connectivity index (χ1) is 25.2. The van der Waals surface area contributed by atoms with Gasteiger partial charge < -0.3 is 20.0 Å². The standard InChI is InChI=1S/C35H45N7O.C5H11NO.C3H8/c1-23-11-9-8-10-12-28(23)13-14-29-19-30(35(43)41(6)7)15-16-31(29)32(34-38-22-39-40-34)17-18-37-21-25(3)42(24(2)20-36)33-26(4)27(33)5;1-4-5(7)6(2)3;1-3-2/h8,10-12,15-16,19,22,24,26-27,32-33,37H,3,13-14,17-18,21H2,1-2,4-7H3,(H,38,39,40);4H2,1-3H3;3H2,1-2H3. The molecule has 0 saturated heterocycles. The van der Waals surface area contributed by atoms with Crippen molar-refractivity contribution in [1.29, 1.82) is 5.26 Å². The van der Waals surface area contributed by atoms with E-state index in [0.29, 0.717) is 36.4 Å². The Morgan fingerprint density at radius 3 is 2.30 bits per heavy atom. The average molecular weight is 725 g/mol. The Hall–Kier alpha value is -4.71. The van der Waals surface area contributed by atoms with Gasteiger partial charge in [-0.3, -0.25) is 14.7 Å². The molecule has 10 nitrogen and oxygen atoms in total. The first-order valence-corrected chi connectivity index (χ1v) is 19.0. The van der Waals surface area contributed by atoms with Crippen LogP contribution >= 0.6 is 0 Å². The molecule has 288 valence electrons. The molecule has 2 aliphatic rings. The van der Waals surface area contributed by atoms with E-state index in [9.17, 15) is 14.9 Å². The third-order valence-electron chi connectivity index (χ3n) is 9.69. The van der Waals surface area contributed by atoms with Crippen molar-refractivity contribution >= 4 is 11.8 Å². The number of hydrogen-bond donors (Lipinski definition) is 2. The zero-order valence-corrected chi connectivity index (χ0v) is 34.2. The molecule has 2 N–H and O–H groups in total. The Morgan fingerprint density at radius 1 is 1.09 bits per heavy atom. The summed E-state index contributed by atoms with van der Waals surface area (Å²) in [6.45, 7) is 20.3. The molecule has 4 atom stereocenters. The maximum Gasteiger partial charge on any atom is 0.253 e. The lowest BCUT2D eigenvalue weighted by molar-refractivity contribution is -0.128. The van der Waals surface area contributed by atoms with Crippen LogP contribution < -0.4 is 5.32 Å². The van der Waals surface area contributed by atoms with Gasteiger partial charge in [-0.25, -0.2) is 4.98 Å². The molecule has 2 aliphatic carbocycles. The van der Waals surface area contributed by atoms with Gasteiger partial charge in [0.15, 0.2) is 0 Å². The number of carbonyl (C=O) groups excluding carboxylic acids is 2. The maximum absolute atomic E-state index is 12.9. The van der Waals surface area contributed by atoms with Gasteiger partial charge in [-0.15, -0.1) is 5.73 Å². The van der Waals surface area contributed by atoms with Crippen LogP contribution in [0.25, 0.3) is 0 Å². The topological polar surface area (TPSA) is 121 Å². The van der Waals surface area contributed by atoms with E-state index >= 15 is 0 Å². The fourth-order valence-electron chi connectivity index (χ4n) is 6.38. The molecular weight excluding hydrogens is 661 g/mol. The number of rotatable bonds is 15. The lowest BCUT2D eigenvalue weighted by Crippen LogP contribution is -2.38. The molecule has 2 amide bonds. The third kappa shape index (κ3) is 13.3. The maximum atomic E-state index is 12.9. The predicted octanol–water partition coefficient (Wildman–Crippen LogP) is 7.43. The second-order valence-corrected chi connectivity index (χ2v) is 14.4. The monoisotopic (exact) mass is 725 g/mol. The quantitative estimate of drug-likeness (QED) is 0.145. The van der Waals surface area contributed by atoms with Crippen LogP contribution in [-0.2, 0) is 11.2 Å². The fraction of sp³-hybridized carbons (Fsp3) is 0.535. The largest absolute Gasteiger partial charge is 0.355 e. The first-order valence-electron chi connectivity index (χ1n) is 19.0. The average Bonchev–Trinajstić information content (AvgIpc) is 3.47. The Balaban J connectivity index is 0.000000859. The third-order valence-corrected chi connectivity index (χ3v) is 9.69. The van der Waals surface area contributed by atoms with E-state index in [4.69, 9.17) is 0 Å². The van der Waals surface area contributed by atoms with Crippen LogP contribution in [-0.4, -0.2) is 95.1 Å². The summed E-state index contributed by atoms with van der Waals surface area (Å²) in [5.41, 5.74) is 9.51. The normalized spacial score (nSPS) is 18.0. The minimum atomic E-state index is -0.215. The van der Waals surface area contributed by atoms with Crippen molar-refractivity contribution < 1.29 is 9.59 Å². The van der Waals surface area contributed by atoms with Gasteiger partial charge in [-0.2, -0.15) is 10.4 Å². The van der Waals surface area contributed by atoms with Crippen molar-refractivity contribution in [3.05, 3.63) is 100 Å². The molecule has 1 saturated carbocycles. The number of aromatic amines is 1. The summed E-state index contributed by atoms with van der Waals surface area (Å²) in [6, 6.07) is 8.59. The number of nitriles is 1. The smallest absolute Gasteiger partial charge is 0.253 e. The van der Waals surface area contributed by atoms with Crippen molar-refractivity contribution in [2.45, 2.75) is 98.6 Å². The minimum Gasteiger partial charge on any atom is -0.355 e. The molecule has 2 aromatic rings. The van der Waals surface area contributed by atoms with Crippen molar-refractivity contribution in [2.24, 2.45) is 11.8 Å². The van der Waals surface area contributed by atoms with Gasteiger partial charge in [0.1, 0.15) is 18.2 Å². The number of aryl methyl sites for hydroxylation is 1. The number of nitrogens with one attached hydrogen (secondary N) is 2. The van der Waals surface area contributed by atoms with Crippen molar-refractivity contribution in [1.82, 2.24) is 35.2 Å². The number of carbonyl (C=O) groups is 2. The van der Waals surface area contributed by atoms with E-state index < -0.39 is 0 Å². The van der Waals surface area contributed by atoms with Gasteiger partial charge in [0.05, 0.1) is 6.07 Å². The molecule has 1 aromatic heterocycles. The molecule has 53 heavy (non-hydrogen) atoms. The van der Waals surface area contributed by atoms with Crippen LogP contribution in [0.15, 0.2) is 78.0 Å². The Labute approximate surface area is 319 Å². The number of allylic oxidation sites excluding steroid dienone is 5. The number of hydrogen-bond acceptors (Lipinski definition) is 7. The molecule has 0 aliphatic heterocycles. The van der Waals surface area contributed by atoms with E-state index in [1.165, 1.54) is 17.6 Å². The molecular formula is C43H64N8O2. The summed E-state index contributed by atoms with van der Waals surface area (Å²) in [7, 11) is 7.07. The number of benzene rings is 1. The Bertz CT molecular complexity index is 1650. The summed E-state index contributed by atoms with van der Waals surface area (Å²) in [5, 5.41) is 20.5. The van der Waals surface area contributed by atoms with Gasteiger partial charge in [-0.05, 0) is 98.0 Å². The lowest BCUT2D eigenvalue weighted by atomic mass is 9.86. The highest BCUT2D eigenvalue weighted by Crippen LogP contribution is 2.44. The zero-order valence-electron chi connectivity index (χ0n) is 34.2. The summed E-state index contributed by atoms with van der Waals surface area (Å²) in [5.74, 6) is 2.04. The fourth-order valence-corrected chi connectivity index (χ4v) is 6.38. The van der Waals surface area contributed by atoms with E-state index in [2.05, 4.69) is 90.5 Å². The highest BCUT2D eigenvalue weighted by molar-refractivity contribution is 5.94. The predicted molar refractivity (Wildman–Crippen MR) is 216 cm³/mol. The molecule has 1 heterocycles. The number of aromatic nitrogens is 3. The van der Waals surface area contributed by atoms with Crippen LogP contribution in [0.2, 0.25) is 0 Å². The van der Waals surface area contributed by atoms with E-state index in [-0.39, 0.29) is 23.8 Å². The molecule has 1 fully saturated rings. The number of nitrogens with zero attached hydrogens (tertiary/aromatic N) is 6.